The molecule has 198 valence electrons. The predicted octanol–water partition coefficient (Wildman–Crippen LogP) is 2.02. The third kappa shape index (κ3) is 9.10. The summed E-state index contributed by atoms with van der Waals surface area (Å²) in [6, 6.07) is 13.0. The highest BCUT2D eigenvalue weighted by Crippen LogP contribution is 2.28. The van der Waals surface area contributed by atoms with E-state index in [-0.39, 0.29) is 27.2 Å². The minimum Gasteiger partial charge on any atom is -0.478 e. The van der Waals surface area contributed by atoms with E-state index in [0.717, 1.165) is 6.26 Å². The first-order valence-electron chi connectivity index (χ1n) is 10.1. The standard InChI is InChI=1S/C21H20N2O13S/c1-37(31,32)17-9-7-14(8-10-17)18(19(20(24)25)15-5-3-2-4-6-15)13-34-21(26)33-11-16(36-23(29)30)12-35-22(27)28/h2-10,16H,11-13H2,1H3,(H,24,25). The fourth-order valence-corrected chi connectivity index (χ4v) is 3.57. The summed E-state index contributed by atoms with van der Waals surface area (Å²) in [6.45, 7) is -2.45. The smallest absolute Gasteiger partial charge is 0.478 e. The van der Waals surface area contributed by atoms with Crippen molar-refractivity contribution in [2.45, 2.75) is 11.0 Å². The Balaban J connectivity index is 2.31. The maximum absolute atomic E-state index is 12.2. The van der Waals surface area contributed by atoms with E-state index < -0.39 is 58.1 Å². The fourth-order valence-electron chi connectivity index (χ4n) is 2.94. The van der Waals surface area contributed by atoms with Gasteiger partial charge in [-0.25, -0.2) is 18.0 Å². The summed E-state index contributed by atoms with van der Waals surface area (Å²) >= 11 is 0. The Morgan fingerprint density at radius 2 is 1.54 bits per heavy atom. The van der Waals surface area contributed by atoms with E-state index in [2.05, 4.69) is 9.68 Å². The Hall–Kier alpha value is -4.73. The van der Waals surface area contributed by atoms with Crippen molar-refractivity contribution in [2.24, 2.45) is 0 Å². The first-order chi connectivity index (χ1) is 17.4. The molecule has 0 aliphatic rings. The van der Waals surface area contributed by atoms with Crippen molar-refractivity contribution < 1.29 is 52.4 Å². The van der Waals surface area contributed by atoms with Crippen molar-refractivity contribution in [1.29, 1.82) is 0 Å². The molecule has 0 aliphatic carbocycles. The Bertz CT molecular complexity index is 1280. The average molecular weight is 540 g/mol. The van der Waals surface area contributed by atoms with Gasteiger partial charge in [-0.3, -0.25) is 0 Å². The number of hydrogen-bond acceptors (Lipinski definition) is 12. The minimum absolute atomic E-state index is 0.0227. The van der Waals surface area contributed by atoms with Crippen LogP contribution in [0.15, 0.2) is 59.5 Å². The Labute approximate surface area is 208 Å². The number of aliphatic carboxylic acids is 1. The number of hydrogen-bond donors (Lipinski definition) is 1. The summed E-state index contributed by atoms with van der Waals surface area (Å²) in [5.41, 5.74) is 0.195. The Morgan fingerprint density at radius 1 is 0.919 bits per heavy atom. The molecule has 0 bridgehead atoms. The molecule has 1 atom stereocenters. The summed E-state index contributed by atoms with van der Waals surface area (Å²) in [4.78, 5) is 53.2. The van der Waals surface area contributed by atoms with Crippen molar-refractivity contribution in [3.05, 3.63) is 86.0 Å². The summed E-state index contributed by atoms with van der Waals surface area (Å²) in [7, 11) is -3.54. The second-order valence-electron chi connectivity index (χ2n) is 7.14. The van der Waals surface area contributed by atoms with Gasteiger partial charge in [0.25, 0.3) is 10.2 Å². The van der Waals surface area contributed by atoms with E-state index in [4.69, 9.17) is 9.47 Å². The van der Waals surface area contributed by atoms with E-state index in [0.29, 0.717) is 0 Å². The molecular formula is C21H20N2O13S. The van der Waals surface area contributed by atoms with Crippen LogP contribution in [0, 0.1) is 20.2 Å². The van der Waals surface area contributed by atoms with Gasteiger partial charge in [-0.15, -0.1) is 20.2 Å². The van der Waals surface area contributed by atoms with E-state index in [1.165, 1.54) is 36.4 Å². The van der Waals surface area contributed by atoms with Crippen LogP contribution in [-0.2, 0) is 33.8 Å². The van der Waals surface area contributed by atoms with Gasteiger partial charge in [0.15, 0.2) is 15.9 Å². The van der Waals surface area contributed by atoms with Gasteiger partial charge in [0.05, 0.1) is 10.5 Å². The lowest BCUT2D eigenvalue weighted by Crippen LogP contribution is -2.30. The average Bonchev–Trinajstić information content (AvgIpc) is 2.82. The summed E-state index contributed by atoms with van der Waals surface area (Å²) < 4.78 is 33.2. The van der Waals surface area contributed by atoms with E-state index in [1.54, 1.807) is 18.2 Å². The number of carbonyl (C=O) groups excluding carboxylic acids is 1. The summed E-state index contributed by atoms with van der Waals surface area (Å²) in [6.07, 6.45) is -2.05. The topological polar surface area (TPSA) is 212 Å². The van der Waals surface area contributed by atoms with Crippen LogP contribution in [-0.4, -0.2) is 68.0 Å². The second-order valence-corrected chi connectivity index (χ2v) is 9.16. The van der Waals surface area contributed by atoms with E-state index in [1.807, 2.05) is 0 Å². The molecule has 0 radical (unpaired) electrons. The lowest BCUT2D eigenvalue weighted by Gasteiger charge is -2.16. The second kappa shape index (κ2) is 12.8. The highest BCUT2D eigenvalue weighted by Gasteiger charge is 2.22. The van der Waals surface area contributed by atoms with Crippen LogP contribution in [0.4, 0.5) is 4.79 Å². The van der Waals surface area contributed by atoms with E-state index in [9.17, 15) is 43.3 Å². The molecule has 15 nitrogen and oxygen atoms in total. The molecule has 2 aromatic carbocycles. The lowest BCUT2D eigenvalue weighted by molar-refractivity contribution is -0.790. The molecule has 0 aliphatic heterocycles. The van der Waals surface area contributed by atoms with Gasteiger partial charge in [-0.05, 0) is 23.3 Å². The highest BCUT2D eigenvalue weighted by atomic mass is 32.2. The van der Waals surface area contributed by atoms with Crippen LogP contribution >= 0.6 is 0 Å². The number of carboxylic acid groups (broad SMARTS) is 1. The largest absolute Gasteiger partial charge is 0.508 e. The van der Waals surface area contributed by atoms with Crippen molar-refractivity contribution in [3.8, 4) is 0 Å². The number of carboxylic acids is 1. The molecule has 16 heteroatoms. The number of nitrogens with zero attached hydrogens (tertiary/aromatic N) is 2. The van der Waals surface area contributed by atoms with Gasteiger partial charge >= 0.3 is 12.1 Å². The van der Waals surface area contributed by atoms with Gasteiger partial charge in [0.2, 0.25) is 0 Å². The molecule has 0 amide bonds. The third-order valence-corrected chi connectivity index (χ3v) is 5.66. The number of benzene rings is 2. The zero-order chi connectivity index (χ0) is 27.6. The number of ether oxygens (including phenoxy) is 2. The predicted molar refractivity (Wildman–Crippen MR) is 123 cm³/mol. The molecule has 0 aromatic heterocycles. The molecule has 0 heterocycles. The fraction of sp³-hybridized carbons (Fsp3) is 0.238. The molecular weight excluding hydrogens is 520 g/mol. The molecule has 0 saturated heterocycles. The summed E-state index contributed by atoms with van der Waals surface area (Å²) in [5, 5.41) is 28.2. The number of carbonyl (C=O) groups is 2. The molecule has 0 saturated carbocycles. The normalized spacial score (nSPS) is 12.5. The maximum atomic E-state index is 12.2. The van der Waals surface area contributed by atoms with Gasteiger partial charge in [0.1, 0.15) is 19.8 Å². The van der Waals surface area contributed by atoms with Gasteiger partial charge < -0.3 is 24.3 Å². The van der Waals surface area contributed by atoms with E-state index >= 15 is 0 Å². The zero-order valence-corrected chi connectivity index (χ0v) is 19.9. The number of rotatable bonds is 13. The SMILES string of the molecule is CS(=O)(=O)c1ccc(C(COC(=O)OCC(CO[N+](=O)[O-])O[N+](=O)[O-])=C(C(=O)O)c2ccccc2)cc1. The molecule has 1 N–H and O–H groups in total. The van der Waals surface area contributed by atoms with Crippen molar-refractivity contribution in [2.75, 3.05) is 26.1 Å². The van der Waals surface area contributed by atoms with Gasteiger partial charge in [-0.1, -0.05) is 42.5 Å². The molecule has 0 spiro atoms. The third-order valence-electron chi connectivity index (χ3n) is 4.53. The molecule has 2 rings (SSSR count). The first kappa shape index (κ1) is 28.5. The van der Waals surface area contributed by atoms with Gasteiger partial charge in [-0.2, -0.15) is 0 Å². The van der Waals surface area contributed by atoms with Crippen LogP contribution < -0.4 is 0 Å². The lowest BCUT2D eigenvalue weighted by atomic mass is 9.95. The van der Waals surface area contributed by atoms with Crippen LogP contribution in [0.2, 0.25) is 0 Å². The van der Waals surface area contributed by atoms with Crippen molar-refractivity contribution in [3.63, 3.8) is 0 Å². The molecule has 37 heavy (non-hydrogen) atoms. The van der Waals surface area contributed by atoms with Crippen LogP contribution in [0.1, 0.15) is 11.1 Å². The van der Waals surface area contributed by atoms with Crippen LogP contribution in [0.25, 0.3) is 11.1 Å². The molecule has 2 aromatic rings. The monoisotopic (exact) mass is 540 g/mol. The first-order valence-corrected chi connectivity index (χ1v) is 12.0. The zero-order valence-electron chi connectivity index (χ0n) is 19.0. The quantitative estimate of drug-likeness (QED) is 0.127. The Morgan fingerprint density at radius 3 is 2.05 bits per heavy atom. The van der Waals surface area contributed by atoms with Crippen molar-refractivity contribution >= 4 is 33.1 Å². The molecule has 1 unspecified atom stereocenters. The van der Waals surface area contributed by atoms with Crippen LogP contribution in [0.3, 0.4) is 0 Å². The minimum atomic E-state index is -3.54. The number of sulfone groups is 1. The molecule has 0 fully saturated rings. The van der Waals surface area contributed by atoms with Crippen molar-refractivity contribution in [1.82, 2.24) is 0 Å². The van der Waals surface area contributed by atoms with Gasteiger partial charge in [0, 0.05) is 11.8 Å². The highest BCUT2D eigenvalue weighted by molar-refractivity contribution is 7.90. The van der Waals surface area contributed by atoms with Crippen LogP contribution in [0.5, 0.6) is 0 Å². The Kier molecular flexibility index (Phi) is 9.88. The summed E-state index contributed by atoms with van der Waals surface area (Å²) in [5.74, 6) is -1.37. The maximum Gasteiger partial charge on any atom is 0.508 e.